The number of nitrogens with one attached hydrogen (secondary N) is 1. The molecule has 2 heterocycles. The standard InChI is InChI=1S/C13H23N3O2S/c1-11-13(19-10-15-11)2-7-18-9-12(17)8-16-5-3-14-4-6-16/h10,12,14,17H,2-9H2,1H3. The van der Waals surface area contributed by atoms with Crippen molar-refractivity contribution in [1.82, 2.24) is 15.2 Å². The van der Waals surface area contributed by atoms with Crippen molar-refractivity contribution in [2.45, 2.75) is 19.4 Å². The van der Waals surface area contributed by atoms with E-state index in [-0.39, 0.29) is 6.10 Å². The summed E-state index contributed by atoms with van der Waals surface area (Å²) in [5.74, 6) is 0. The fourth-order valence-corrected chi connectivity index (χ4v) is 2.96. The minimum Gasteiger partial charge on any atom is -0.389 e. The molecule has 0 aromatic carbocycles. The monoisotopic (exact) mass is 285 g/mol. The summed E-state index contributed by atoms with van der Waals surface area (Å²) in [4.78, 5) is 7.76. The number of thiazole rings is 1. The molecule has 2 N–H and O–H groups in total. The van der Waals surface area contributed by atoms with Crippen LogP contribution in [0.1, 0.15) is 10.6 Å². The van der Waals surface area contributed by atoms with Crippen molar-refractivity contribution in [2.24, 2.45) is 0 Å². The minimum atomic E-state index is -0.388. The third-order valence-corrected chi connectivity index (χ3v) is 4.30. The van der Waals surface area contributed by atoms with Crippen LogP contribution >= 0.6 is 11.3 Å². The van der Waals surface area contributed by atoms with E-state index < -0.39 is 0 Å². The van der Waals surface area contributed by atoms with Gasteiger partial charge in [-0.3, -0.25) is 4.90 Å². The highest BCUT2D eigenvalue weighted by Crippen LogP contribution is 2.12. The fraction of sp³-hybridized carbons (Fsp3) is 0.769. The van der Waals surface area contributed by atoms with Crippen molar-refractivity contribution in [3.63, 3.8) is 0 Å². The Balaban J connectivity index is 1.56. The van der Waals surface area contributed by atoms with E-state index in [1.807, 2.05) is 12.4 Å². The Hall–Kier alpha value is -0.530. The Morgan fingerprint density at radius 2 is 2.32 bits per heavy atom. The zero-order valence-corrected chi connectivity index (χ0v) is 12.3. The molecule has 0 bridgehead atoms. The first-order valence-electron chi connectivity index (χ1n) is 6.83. The quantitative estimate of drug-likeness (QED) is 0.705. The molecule has 108 valence electrons. The van der Waals surface area contributed by atoms with Gasteiger partial charge in [0.05, 0.1) is 30.5 Å². The lowest BCUT2D eigenvalue weighted by molar-refractivity contribution is 0.0159. The number of nitrogens with zero attached hydrogens (tertiary/aromatic N) is 2. The lowest BCUT2D eigenvalue weighted by Gasteiger charge is -2.28. The van der Waals surface area contributed by atoms with Crippen LogP contribution in [0, 0.1) is 6.92 Å². The molecule has 0 amide bonds. The summed E-state index contributed by atoms with van der Waals surface area (Å²) < 4.78 is 5.55. The number of β-amino-alcohol motifs (C(OH)–C–C–N with tert-alkyl or cyclic N) is 1. The summed E-state index contributed by atoms with van der Waals surface area (Å²) >= 11 is 1.67. The highest BCUT2D eigenvalue weighted by molar-refractivity contribution is 7.09. The molecule has 1 fully saturated rings. The summed E-state index contributed by atoms with van der Waals surface area (Å²) in [6.07, 6.45) is 0.497. The van der Waals surface area contributed by atoms with E-state index in [1.54, 1.807) is 11.3 Å². The predicted molar refractivity (Wildman–Crippen MR) is 76.7 cm³/mol. The number of aliphatic hydroxyl groups excluding tert-OH is 1. The summed E-state index contributed by atoms with van der Waals surface area (Å²) in [6, 6.07) is 0. The van der Waals surface area contributed by atoms with Gasteiger partial charge in [0.2, 0.25) is 0 Å². The molecule has 0 radical (unpaired) electrons. The van der Waals surface area contributed by atoms with Crippen LogP contribution in [0.2, 0.25) is 0 Å². The molecule has 1 aromatic heterocycles. The molecule has 2 rings (SSSR count). The van der Waals surface area contributed by atoms with Crippen LogP contribution in [0.5, 0.6) is 0 Å². The topological polar surface area (TPSA) is 57.6 Å². The summed E-state index contributed by atoms with van der Waals surface area (Å²) in [5.41, 5.74) is 2.96. The van der Waals surface area contributed by atoms with Crippen LogP contribution in [-0.4, -0.2) is 67.0 Å². The molecular formula is C13H23N3O2S. The van der Waals surface area contributed by atoms with Gasteiger partial charge < -0.3 is 15.2 Å². The molecule has 6 heteroatoms. The molecule has 0 spiro atoms. The number of piperazine rings is 1. The van der Waals surface area contributed by atoms with Gasteiger partial charge >= 0.3 is 0 Å². The maximum atomic E-state index is 9.92. The fourth-order valence-electron chi connectivity index (χ4n) is 2.19. The average molecular weight is 285 g/mol. The van der Waals surface area contributed by atoms with Gasteiger partial charge in [-0.2, -0.15) is 0 Å². The molecule has 19 heavy (non-hydrogen) atoms. The van der Waals surface area contributed by atoms with Gasteiger partial charge in [-0.25, -0.2) is 4.98 Å². The zero-order valence-electron chi connectivity index (χ0n) is 11.5. The van der Waals surface area contributed by atoms with Crippen molar-refractivity contribution in [2.75, 3.05) is 45.9 Å². The first kappa shape index (κ1) is 14.9. The maximum absolute atomic E-state index is 9.92. The van der Waals surface area contributed by atoms with Gasteiger partial charge in [-0.15, -0.1) is 11.3 Å². The van der Waals surface area contributed by atoms with Crippen LogP contribution in [0.4, 0.5) is 0 Å². The average Bonchev–Trinajstić information content (AvgIpc) is 2.81. The Labute approximate surface area is 118 Å². The zero-order chi connectivity index (χ0) is 13.5. The molecule has 1 unspecified atom stereocenters. The first-order chi connectivity index (χ1) is 9.25. The molecule has 0 aliphatic carbocycles. The molecule has 0 saturated carbocycles. The van der Waals surface area contributed by atoms with Crippen LogP contribution in [0.3, 0.4) is 0 Å². The molecule has 1 aromatic rings. The number of ether oxygens (including phenoxy) is 1. The number of hydrogen-bond acceptors (Lipinski definition) is 6. The summed E-state index contributed by atoms with van der Waals surface area (Å²) in [7, 11) is 0. The van der Waals surface area contributed by atoms with Gasteiger partial charge in [0.15, 0.2) is 0 Å². The van der Waals surface area contributed by atoms with Crippen molar-refractivity contribution in [3.8, 4) is 0 Å². The highest BCUT2D eigenvalue weighted by Gasteiger charge is 2.14. The second-order valence-corrected chi connectivity index (χ2v) is 5.83. The normalized spacial score (nSPS) is 18.6. The Morgan fingerprint density at radius 3 is 3.00 bits per heavy atom. The largest absolute Gasteiger partial charge is 0.389 e. The van der Waals surface area contributed by atoms with Gasteiger partial charge in [0, 0.05) is 44.0 Å². The van der Waals surface area contributed by atoms with E-state index in [9.17, 15) is 5.11 Å². The second-order valence-electron chi connectivity index (χ2n) is 4.89. The lowest BCUT2D eigenvalue weighted by atomic mass is 10.3. The Bertz CT molecular complexity index is 367. The van der Waals surface area contributed by atoms with E-state index in [2.05, 4.69) is 15.2 Å². The Morgan fingerprint density at radius 1 is 1.53 bits per heavy atom. The van der Waals surface area contributed by atoms with Gasteiger partial charge in [-0.05, 0) is 6.92 Å². The van der Waals surface area contributed by atoms with Crippen LogP contribution in [0.15, 0.2) is 5.51 Å². The maximum Gasteiger partial charge on any atom is 0.0900 e. The molecule has 1 aliphatic rings. The van der Waals surface area contributed by atoms with E-state index >= 15 is 0 Å². The second kappa shape index (κ2) is 7.91. The molecule has 1 atom stereocenters. The van der Waals surface area contributed by atoms with Crippen LogP contribution in [0.25, 0.3) is 0 Å². The number of aliphatic hydroxyl groups is 1. The van der Waals surface area contributed by atoms with Crippen molar-refractivity contribution in [1.29, 1.82) is 0 Å². The van der Waals surface area contributed by atoms with Crippen molar-refractivity contribution >= 4 is 11.3 Å². The first-order valence-corrected chi connectivity index (χ1v) is 7.71. The minimum absolute atomic E-state index is 0.388. The molecule has 5 nitrogen and oxygen atoms in total. The molecule has 1 saturated heterocycles. The number of aryl methyl sites for hydroxylation is 1. The third-order valence-electron chi connectivity index (χ3n) is 3.31. The van der Waals surface area contributed by atoms with Crippen molar-refractivity contribution < 1.29 is 9.84 Å². The van der Waals surface area contributed by atoms with E-state index in [0.717, 1.165) is 38.3 Å². The van der Waals surface area contributed by atoms with E-state index in [1.165, 1.54) is 4.88 Å². The van der Waals surface area contributed by atoms with Crippen LogP contribution < -0.4 is 5.32 Å². The van der Waals surface area contributed by atoms with E-state index in [0.29, 0.717) is 19.8 Å². The van der Waals surface area contributed by atoms with Gasteiger partial charge in [-0.1, -0.05) is 0 Å². The van der Waals surface area contributed by atoms with Crippen LogP contribution in [-0.2, 0) is 11.2 Å². The number of aromatic nitrogens is 1. The SMILES string of the molecule is Cc1ncsc1CCOCC(O)CN1CCNCC1. The molecule has 1 aliphatic heterocycles. The molecular weight excluding hydrogens is 262 g/mol. The van der Waals surface area contributed by atoms with E-state index in [4.69, 9.17) is 4.74 Å². The predicted octanol–water partition coefficient (Wildman–Crippen LogP) is 0.277. The number of hydrogen-bond donors (Lipinski definition) is 2. The highest BCUT2D eigenvalue weighted by atomic mass is 32.1. The lowest BCUT2D eigenvalue weighted by Crippen LogP contribution is -2.47. The summed E-state index contributed by atoms with van der Waals surface area (Å²) in [6.45, 7) is 7.85. The van der Waals surface area contributed by atoms with Crippen molar-refractivity contribution in [3.05, 3.63) is 16.1 Å². The van der Waals surface area contributed by atoms with Gasteiger partial charge in [0.25, 0.3) is 0 Å². The summed E-state index contributed by atoms with van der Waals surface area (Å²) in [5, 5.41) is 13.2. The smallest absolute Gasteiger partial charge is 0.0900 e. The third kappa shape index (κ3) is 5.16. The Kier molecular flexibility index (Phi) is 6.19. The van der Waals surface area contributed by atoms with Gasteiger partial charge in [0.1, 0.15) is 0 Å². The number of rotatable bonds is 7.